The van der Waals surface area contributed by atoms with Crippen molar-refractivity contribution in [2.45, 2.75) is 0 Å². The molecular formula is C46H30N6. The first kappa shape index (κ1) is 29.7. The standard InChI is InChI=1S/C46H30N6/c1-5-15-31(16-6-1)43-48-44(32-17-7-2-8-18-32)50-45(49-43)33-25-27-36(28-26-33)51-39-24-14-13-23-37(39)38-29-30-40-41(42(38)51)47-46(34-19-9-3-10-20-34)52(40)35-21-11-4-12-22-35/h1-30H. The molecule has 244 valence electrons. The first-order valence-corrected chi connectivity index (χ1v) is 17.3. The molecule has 6 heteroatoms. The van der Waals surface area contributed by atoms with Crippen molar-refractivity contribution < 1.29 is 0 Å². The number of benzene rings is 7. The zero-order valence-electron chi connectivity index (χ0n) is 28.0. The topological polar surface area (TPSA) is 61.4 Å². The zero-order valence-corrected chi connectivity index (χ0v) is 28.0. The minimum absolute atomic E-state index is 0.623. The Bertz CT molecular complexity index is 2800. The summed E-state index contributed by atoms with van der Waals surface area (Å²) >= 11 is 0. The average molecular weight is 667 g/mol. The molecule has 3 aromatic heterocycles. The van der Waals surface area contributed by atoms with Gasteiger partial charge in [-0.3, -0.25) is 4.57 Å². The average Bonchev–Trinajstić information content (AvgIpc) is 3.79. The van der Waals surface area contributed by atoms with Gasteiger partial charge in [-0.2, -0.15) is 0 Å². The van der Waals surface area contributed by atoms with Gasteiger partial charge >= 0.3 is 0 Å². The van der Waals surface area contributed by atoms with Gasteiger partial charge in [0.15, 0.2) is 17.5 Å². The number of para-hydroxylation sites is 2. The lowest BCUT2D eigenvalue weighted by Crippen LogP contribution is -2.00. The van der Waals surface area contributed by atoms with Gasteiger partial charge in [-0.1, -0.05) is 127 Å². The van der Waals surface area contributed by atoms with Gasteiger partial charge in [-0.15, -0.1) is 0 Å². The molecule has 0 radical (unpaired) electrons. The summed E-state index contributed by atoms with van der Waals surface area (Å²) in [5.41, 5.74) is 10.1. The molecule has 0 bridgehead atoms. The molecule has 0 amide bonds. The van der Waals surface area contributed by atoms with Crippen LogP contribution in [-0.4, -0.2) is 29.1 Å². The van der Waals surface area contributed by atoms with Crippen LogP contribution in [0.25, 0.3) is 89.8 Å². The molecule has 0 N–H and O–H groups in total. The fraction of sp³-hybridized carbons (Fsp3) is 0. The summed E-state index contributed by atoms with van der Waals surface area (Å²) in [5, 5.41) is 2.33. The Kier molecular flexibility index (Phi) is 7.03. The highest BCUT2D eigenvalue weighted by atomic mass is 15.1. The molecular weight excluding hydrogens is 637 g/mol. The molecule has 0 aliphatic rings. The molecule has 0 unspecified atom stereocenters. The van der Waals surface area contributed by atoms with E-state index >= 15 is 0 Å². The monoisotopic (exact) mass is 666 g/mol. The fourth-order valence-electron chi connectivity index (χ4n) is 7.17. The van der Waals surface area contributed by atoms with E-state index in [1.165, 1.54) is 5.39 Å². The first-order valence-electron chi connectivity index (χ1n) is 17.3. The smallest absolute Gasteiger partial charge is 0.164 e. The molecule has 7 aromatic carbocycles. The second-order valence-corrected chi connectivity index (χ2v) is 12.7. The summed E-state index contributed by atoms with van der Waals surface area (Å²) in [6, 6.07) is 62.6. The Hall–Kier alpha value is -7.18. The van der Waals surface area contributed by atoms with E-state index < -0.39 is 0 Å². The highest BCUT2D eigenvalue weighted by Crippen LogP contribution is 2.39. The normalized spacial score (nSPS) is 11.5. The van der Waals surface area contributed by atoms with E-state index in [2.05, 4.69) is 118 Å². The highest BCUT2D eigenvalue weighted by molar-refractivity contribution is 6.17. The van der Waals surface area contributed by atoms with Gasteiger partial charge in [0.25, 0.3) is 0 Å². The molecule has 0 saturated carbocycles. The molecule has 0 aliphatic heterocycles. The summed E-state index contributed by atoms with van der Waals surface area (Å²) in [6.07, 6.45) is 0. The Morgan fingerprint density at radius 2 is 0.788 bits per heavy atom. The molecule has 0 saturated heterocycles. The van der Waals surface area contributed by atoms with Gasteiger partial charge in [0, 0.05) is 44.4 Å². The summed E-state index contributed by atoms with van der Waals surface area (Å²) in [7, 11) is 0. The second-order valence-electron chi connectivity index (χ2n) is 12.7. The Morgan fingerprint density at radius 3 is 1.38 bits per heavy atom. The number of aromatic nitrogens is 6. The van der Waals surface area contributed by atoms with Crippen LogP contribution in [0.1, 0.15) is 0 Å². The highest BCUT2D eigenvalue weighted by Gasteiger charge is 2.22. The molecule has 0 fully saturated rings. The van der Waals surface area contributed by atoms with E-state index in [0.717, 1.165) is 66.9 Å². The zero-order chi connectivity index (χ0) is 34.4. The summed E-state index contributed by atoms with van der Waals surface area (Å²) < 4.78 is 4.61. The van der Waals surface area contributed by atoms with Crippen LogP contribution in [0.15, 0.2) is 182 Å². The predicted octanol–water partition coefficient (Wildman–Crippen LogP) is 11.0. The molecule has 3 heterocycles. The number of hydrogen-bond acceptors (Lipinski definition) is 4. The van der Waals surface area contributed by atoms with Crippen molar-refractivity contribution >= 4 is 32.8 Å². The largest absolute Gasteiger partial charge is 0.307 e. The molecule has 52 heavy (non-hydrogen) atoms. The van der Waals surface area contributed by atoms with Crippen LogP contribution in [0.3, 0.4) is 0 Å². The molecule has 10 aromatic rings. The van der Waals surface area contributed by atoms with Crippen molar-refractivity contribution in [3.8, 4) is 56.9 Å². The lowest BCUT2D eigenvalue weighted by molar-refractivity contribution is 1.07. The SMILES string of the molecule is c1ccc(-c2nc(-c3ccccc3)nc(-c3ccc(-n4c5ccccc5c5ccc6c(nc(-c7ccccc7)n6-c6ccccc6)c54)cc3)n2)cc1. The van der Waals surface area contributed by atoms with Crippen molar-refractivity contribution in [1.29, 1.82) is 0 Å². The van der Waals surface area contributed by atoms with Crippen LogP contribution in [0.4, 0.5) is 0 Å². The maximum atomic E-state index is 5.43. The van der Waals surface area contributed by atoms with Gasteiger partial charge in [-0.05, 0) is 54.6 Å². The van der Waals surface area contributed by atoms with Crippen LogP contribution in [0.2, 0.25) is 0 Å². The van der Waals surface area contributed by atoms with E-state index in [1.54, 1.807) is 0 Å². The van der Waals surface area contributed by atoms with Crippen molar-refractivity contribution in [3.05, 3.63) is 182 Å². The Balaban J connectivity index is 1.18. The second kappa shape index (κ2) is 12.3. The van der Waals surface area contributed by atoms with Gasteiger partial charge in [0.1, 0.15) is 11.3 Å². The summed E-state index contributed by atoms with van der Waals surface area (Å²) in [5.74, 6) is 2.81. The Labute approximate surface area is 300 Å². The van der Waals surface area contributed by atoms with E-state index in [-0.39, 0.29) is 0 Å². The maximum Gasteiger partial charge on any atom is 0.164 e. The van der Waals surface area contributed by atoms with Crippen LogP contribution < -0.4 is 0 Å². The van der Waals surface area contributed by atoms with Crippen LogP contribution in [0, 0.1) is 0 Å². The third-order valence-electron chi connectivity index (χ3n) is 9.59. The predicted molar refractivity (Wildman–Crippen MR) is 211 cm³/mol. The molecule has 0 spiro atoms. The van der Waals surface area contributed by atoms with Crippen molar-refractivity contribution in [3.63, 3.8) is 0 Å². The van der Waals surface area contributed by atoms with Crippen LogP contribution >= 0.6 is 0 Å². The van der Waals surface area contributed by atoms with Crippen molar-refractivity contribution in [1.82, 2.24) is 29.1 Å². The molecule has 0 atom stereocenters. The number of fused-ring (bicyclic) bond motifs is 5. The van der Waals surface area contributed by atoms with Gasteiger partial charge in [-0.25, -0.2) is 19.9 Å². The summed E-state index contributed by atoms with van der Waals surface area (Å²) in [6.45, 7) is 0. The number of imidazole rings is 1. The lowest BCUT2D eigenvalue weighted by atomic mass is 10.1. The van der Waals surface area contributed by atoms with E-state index in [0.29, 0.717) is 17.5 Å². The molecule has 0 aliphatic carbocycles. The summed E-state index contributed by atoms with van der Waals surface area (Å²) in [4.78, 5) is 20.2. The van der Waals surface area contributed by atoms with E-state index in [9.17, 15) is 0 Å². The maximum absolute atomic E-state index is 5.43. The van der Waals surface area contributed by atoms with Crippen LogP contribution in [-0.2, 0) is 0 Å². The van der Waals surface area contributed by atoms with E-state index in [4.69, 9.17) is 19.9 Å². The molecule has 6 nitrogen and oxygen atoms in total. The third-order valence-corrected chi connectivity index (χ3v) is 9.59. The lowest BCUT2D eigenvalue weighted by Gasteiger charge is -2.11. The number of rotatable bonds is 6. The third kappa shape index (κ3) is 4.96. The van der Waals surface area contributed by atoms with Crippen LogP contribution in [0.5, 0.6) is 0 Å². The van der Waals surface area contributed by atoms with Gasteiger partial charge in [0.05, 0.1) is 16.6 Å². The first-order chi connectivity index (χ1) is 25.8. The van der Waals surface area contributed by atoms with E-state index in [1.807, 2.05) is 72.8 Å². The molecule has 10 rings (SSSR count). The Morgan fingerprint density at radius 1 is 0.308 bits per heavy atom. The van der Waals surface area contributed by atoms with Gasteiger partial charge in [0.2, 0.25) is 0 Å². The number of hydrogen-bond donors (Lipinski definition) is 0. The number of nitrogens with zero attached hydrogens (tertiary/aromatic N) is 6. The quantitative estimate of drug-likeness (QED) is 0.177. The van der Waals surface area contributed by atoms with Gasteiger partial charge < -0.3 is 4.57 Å². The minimum atomic E-state index is 0.623. The minimum Gasteiger partial charge on any atom is -0.307 e. The fourth-order valence-corrected chi connectivity index (χ4v) is 7.17. The van der Waals surface area contributed by atoms with Crippen molar-refractivity contribution in [2.24, 2.45) is 0 Å². The van der Waals surface area contributed by atoms with Crippen molar-refractivity contribution in [2.75, 3.05) is 0 Å².